The molecule has 0 saturated heterocycles. The van der Waals surface area contributed by atoms with E-state index in [0.717, 1.165) is 11.0 Å². The van der Waals surface area contributed by atoms with Gasteiger partial charge in [-0.3, -0.25) is 4.79 Å². The van der Waals surface area contributed by atoms with Crippen molar-refractivity contribution in [3.8, 4) is 0 Å². The van der Waals surface area contributed by atoms with Gasteiger partial charge in [0.25, 0.3) is 5.91 Å². The van der Waals surface area contributed by atoms with Crippen molar-refractivity contribution in [2.75, 3.05) is 11.1 Å². The smallest absolute Gasteiger partial charge is 0.255 e. The quantitative estimate of drug-likeness (QED) is 0.743. The second-order valence-electron chi connectivity index (χ2n) is 6.20. The lowest BCUT2D eigenvalue weighted by atomic mass is 10.2. The maximum Gasteiger partial charge on any atom is 0.255 e. The first kappa shape index (κ1) is 18.1. The van der Waals surface area contributed by atoms with Crippen molar-refractivity contribution >= 4 is 32.5 Å². The van der Waals surface area contributed by atoms with E-state index in [-0.39, 0.29) is 22.6 Å². The number of nitrogens with one attached hydrogen (secondary N) is 1. The van der Waals surface area contributed by atoms with E-state index >= 15 is 0 Å². The molecule has 1 aromatic carbocycles. The molecular formula is C18H20N4O3S. The number of fused-ring (bicyclic) bond motifs is 1. The van der Waals surface area contributed by atoms with Gasteiger partial charge in [0.2, 0.25) is 0 Å². The summed E-state index contributed by atoms with van der Waals surface area (Å²) in [6.07, 6.45) is 3.29. The molecule has 136 valence electrons. The van der Waals surface area contributed by atoms with E-state index in [1.54, 1.807) is 19.3 Å². The summed E-state index contributed by atoms with van der Waals surface area (Å²) in [6.45, 7) is 5.62. The Morgan fingerprint density at radius 2 is 1.88 bits per heavy atom. The molecule has 0 fully saturated rings. The van der Waals surface area contributed by atoms with Gasteiger partial charge in [0.05, 0.1) is 28.7 Å². The summed E-state index contributed by atoms with van der Waals surface area (Å²) in [6, 6.07) is 7.89. The number of hydrogen-bond acceptors (Lipinski definition) is 5. The zero-order valence-electron chi connectivity index (χ0n) is 14.8. The van der Waals surface area contributed by atoms with Crippen molar-refractivity contribution in [3.05, 3.63) is 48.3 Å². The maximum atomic E-state index is 12.4. The van der Waals surface area contributed by atoms with Crippen molar-refractivity contribution in [2.45, 2.75) is 31.7 Å². The van der Waals surface area contributed by atoms with Crippen LogP contribution in [0.4, 0.5) is 5.69 Å². The van der Waals surface area contributed by atoms with Gasteiger partial charge in [-0.25, -0.2) is 18.1 Å². The van der Waals surface area contributed by atoms with Gasteiger partial charge in [0.1, 0.15) is 0 Å². The van der Waals surface area contributed by atoms with Gasteiger partial charge in [-0.2, -0.15) is 5.10 Å². The molecule has 0 bridgehead atoms. The van der Waals surface area contributed by atoms with Gasteiger partial charge < -0.3 is 5.32 Å². The highest BCUT2D eigenvalue weighted by atomic mass is 32.2. The van der Waals surface area contributed by atoms with Crippen molar-refractivity contribution in [1.82, 2.24) is 14.8 Å². The average Bonchev–Trinajstić information content (AvgIpc) is 3.05. The van der Waals surface area contributed by atoms with Crippen LogP contribution in [0.5, 0.6) is 0 Å². The molecule has 2 aromatic heterocycles. The van der Waals surface area contributed by atoms with E-state index in [9.17, 15) is 13.2 Å². The Labute approximate surface area is 152 Å². The van der Waals surface area contributed by atoms with Crippen LogP contribution in [0.1, 0.15) is 37.2 Å². The molecule has 0 aliphatic rings. The third-order valence-corrected chi connectivity index (χ3v) is 5.79. The van der Waals surface area contributed by atoms with Crippen LogP contribution < -0.4 is 5.32 Å². The number of aromatic nitrogens is 3. The third kappa shape index (κ3) is 3.45. The molecule has 7 nitrogen and oxygen atoms in total. The van der Waals surface area contributed by atoms with E-state index in [4.69, 9.17) is 0 Å². The number of amides is 1. The highest BCUT2D eigenvalue weighted by Gasteiger charge is 2.14. The molecule has 26 heavy (non-hydrogen) atoms. The molecule has 0 radical (unpaired) electrons. The van der Waals surface area contributed by atoms with Crippen LogP contribution in [-0.2, 0) is 9.84 Å². The number of rotatable bonds is 5. The molecule has 0 unspecified atom stereocenters. The fourth-order valence-corrected chi connectivity index (χ4v) is 3.45. The Kier molecular flexibility index (Phi) is 4.78. The van der Waals surface area contributed by atoms with Crippen LogP contribution in [0, 0.1) is 0 Å². The third-order valence-electron chi connectivity index (χ3n) is 4.04. The topological polar surface area (TPSA) is 93.9 Å². The van der Waals surface area contributed by atoms with Gasteiger partial charge in [0, 0.05) is 17.0 Å². The second kappa shape index (κ2) is 6.87. The molecule has 3 rings (SSSR count). The monoisotopic (exact) mass is 372 g/mol. The molecule has 3 aromatic rings. The molecule has 0 atom stereocenters. The Balaban J connectivity index is 1.80. The Morgan fingerprint density at radius 1 is 1.19 bits per heavy atom. The van der Waals surface area contributed by atoms with E-state index in [0.29, 0.717) is 11.3 Å². The number of benzene rings is 1. The standard InChI is InChI=1S/C18H20N4O3S/c1-4-26(24,25)16-7-5-13(6-8-16)18(23)21-15-9-14-10-20-22(12(2)3)17(14)19-11-15/h5-12H,4H2,1-3H3,(H,21,23). The zero-order chi connectivity index (χ0) is 18.9. The average molecular weight is 372 g/mol. The summed E-state index contributed by atoms with van der Waals surface area (Å²) in [5, 5.41) is 7.91. The molecule has 1 N–H and O–H groups in total. The van der Waals surface area contributed by atoms with Crippen molar-refractivity contribution < 1.29 is 13.2 Å². The predicted molar refractivity (Wildman–Crippen MR) is 100 cm³/mol. The summed E-state index contributed by atoms with van der Waals surface area (Å²) in [5.74, 6) is -0.309. The van der Waals surface area contributed by atoms with Gasteiger partial charge >= 0.3 is 0 Å². The summed E-state index contributed by atoms with van der Waals surface area (Å²) < 4.78 is 25.5. The van der Waals surface area contributed by atoms with Crippen LogP contribution in [0.15, 0.2) is 47.6 Å². The first-order chi connectivity index (χ1) is 12.3. The lowest BCUT2D eigenvalue weighted by molar-refractivity contribution is 0.102. The summed E-state index contributed by atoms with van der Waals surface area (Å²) in [4.78, 5) is 17.0. The van der Waals surface area contributed by atoms with Gasteiger partial charge in [-0.15, -0.1) is 0 Å². The minimum absolute atomic E-state index is 0.0221. The van der Waals surface area contributed by atoms with Gasteiger partial charge in [0.15, 0.2) is 15.5 Å². The first-order valence-electron chi connectivity index (χ1n) is 8.29. The highest BCUT2D eigenvalue weighted by molar-refractivity contribution is 7.91. The van der Waals surface area contributed by atoms with Crippen molar-refractivity contribution in [1.29, 1.82) is 0 Å². The fourth-order valence-electron chi connectivity index (χ4n) is 2.57. The molecule has 0 saturated carbocycles. The fraction of sp³-hybridized carbons (Fsp3) is 0.278. The number of nitrogens with zero attached hydrogens (tertiary/aromatic N) is 3. The minimum Gasteiger partial charge on any atom is -0.321 e. The Hall–Kier alpha value is -2.74. The lowest BCUT2D eigenvalue weighted by Gasteiger charge is -2.08. The second-order valence-corrected chi connectivity index (χ2v) is 8.48. The van der Waals surface area contributed by atoms with Crippen LogP contribution in [0.3, 0.4) is 0 Å². The Morgan fingerprint density at radius 3 is 2.50 bits per heavy atom. The normalized spacial score (nSPS) is 11.8. The molecule has 8 heteroatoms. The number of carbonyl (C=O) groups is 1. The zero-order valence-corrected chi connectivity index (χ0v) is 15.6. The predicted octanol–water partition coefficient (Wildman–Crippen LogP) is 3.06. The van der Waals surface area contributed by atoms with Crippen molar-refractivity contribution in [2.24, 2.45) is 0 Å². The molecule has 2 heterocycles. The number of hydrogen-bond donors (Lipinski definition) is 1. The molecule has 0 aliphatic heterocycles. The first-order valence-corrected chi connectivity index (χ1v) is 9.94. The minimum atomic E-state index is -3.28. The van der Waals surface area contributed by atoms with E-state index in [1.165, 1.54) is 24.3 Å². The van der Waals surface area contributed by atoms with E-state index in [2.05, 4.69) is 15.4 Å². The van der Waals surface area contributed by atoms with Crippen LogP contribution in [0.25, 0.3) is 11.0 Å². The highest BCUT2D eigenvalue weighted by Crippen LogP contribution is 2.20. The number of pyridine rings is 1. The Bertz CT molecular complexity index is 1050. The molecule has 0 spiro atoms. The largest absolute Gasteiger partial charge is 0.321 e. The summed E-state index contributed by atoms with van der Waals surface area (Å²) >= 11 is 0. The maximum absolute atomic E-state index is 12.4. The van der Waals surface area contributed by atoms with E-state index in [1.807, 2.05) is 24.6 Å². The lowest BCUT2D eigenvalue weighted by Crippen LogP contribution is -2.12. The van der Waals surface area contributed by atoms with E-state index < -0.39 is 9.84 Å². The van der Waals surface area contributed by atoms with Crippen LogP contribution in [0.2, 0.25) is 0 Å². The summed E-state index contributed by atoms with van der Waals surface area (Å²) in [7, 11) is -3.28. The number of anilines is 1. The van der Waals surface area contributed by atoms with Gasteiger partial charge in [-0.05, 0) is 44.2 Å². The number of sulfone groups is 1. The molecule has 0 aliphatic carbocycles. The van der Waals surface area contributed by atoms with Crippen LogP contribution >= 0.6 is 0 Å². The van der Waals surface area contributed by atoms with Crippen molar-refractivity contribution in [3.63, 3.8) is 0 Å². The SMILES string of the molecule is CCS(=O)(=O)c1ccc(C(=O)Nc2cnc3c(cnn3C(C)C)c2)cc1. The molecule has 1 amide bonds. The summed E-state index contributed by atoms with van der Waals surface area (Å²) in [5.41, 5.74) is 1.68. The molecular weight excluding hydrogens is 352 g/mol. The van der Waals surface area contributed by atoms with Gasteiger partial charge in [-0.1, -0.05) is 6.92 Å². The number of carbonyl (C=O) groups excluding carboxylic acids is 1. The van der Waals surface area contributed by atoms with Crippen LogP contribution in [-0.4, -0.2) is 34.8 Å².